The van der Waals surface area contributed by atoms with Crippen LogP contribution in [0.25, 0.3) is 0 Å². The molecule has 1 aliphatic rings. The molecule has 2 heterocycles. The molecule has 0 atom stereocenters. The van der Waals surface area contributed by atoms with Crippen molar-refractivity contribution in [3.8, 4) is 5.75 Å². The second kappa shape index (κ2) is 13.3. The van der Waals surface area contributed by atoms with Crippen LogP contribution in [0.5, 0.6) is 5.75 Å². The summed E-state index contributed by atoms with van der Waals surface area (Å²) in [4.78, 5) is 13.6. The molecule has 1 N–H and O–H groups in total. The van der Waals surface area contributed by atoms with E-state index in [1.165, 1.54) is 36.7 Å². The Hall–Kier alpha value is -1.46. The van der Waals surface area contributed by atoms with Crippen molar-refractivity contribution in [3.63, 3.8) is 0 Å². The van der Waals surface area contributed by atoms with Crippen molar-refractivity contribution < 1.29 is 9.13 Å². The summed E-state index contributed by atoms with van der Waals surface area (Å²) in [7, 11) is 5.23. The first kappa shape index (κ1) is 26.8. The van der Waals surface area contributed by atoms with Crippen molar-refractivity contribution in [1.82, 2.24) is 20.1 Å². The summed E-state index contributed by atoms with van der Waals surface area (Å²) in [6, 6.07) is 5.06. The number of nitrogens with one attached hydrogen (secondary N) is 1. The van der Waals surface area contributed by atoms with Crippen molar-refractivity contribution in [2.24, 2.45) is 10.9 Å². The van der Waals surface area contributed by atoms with E-state index in [1.54, 1.807) is 24.5 Å². The normalized spacial score (nSPS) is 15.3. The first-order valence-corrected chi connectivity index (χ1v) is 11.8. The van der Waals surface area contributed by atoms with E-state index < -0.39 is 0 Å². The number of nitrogens with zero attached hydrogens (tertiary/aromatic N) is 4. The molecule has 1 saturated heterocycles. The lowest BCUT2D eigenvalue weighted by Crippen LogP contribution is -2.43. The summed E-state index contributed by atoms with van der Waals surface area (Å²) in [6.07, 6.45) is 3.35. The number of aromatic nitrogens is 1. The predicted octanol–water partition coefficient (Wildman–Crippen LogP) is 4.39. The van der Waals surface area contributed by atoms with Crippen LogP contribution in [0.2, 0.25) is 0 Å². The van der Waals surface area contributed by atoms with Gasteiger partial charge in [-0.05, 0) is 56.0 Å². The maximum atomic E-state index is 14.0. The Morgan fingerprint density at radius 2 is 2.12 bits per heavy atom. The highest BCUT2D eigenvalue weighted by atomic mass is 127. The van der Waals surface area contributed by atoms with E-state index in [1.807, 2.05) is 18.0 Å². The molecule has 6 nitrogen and oxygen atoms in total. The third kappa shape index (κ3) is 7.55. The highest BCUT2D eigenvalue weighted by molar-refractivity contribution is 14.0. The van der Waals surface area contributed by atoms with Gasteiger partial charge >= 0.3 is 0 Å². The van der Waals surface area contributed by atoms with Crippen molar-refractivity contribution >= 4 is 41.3 Å². The first-order valence-electron chi connectivity index (χ1n) is 10.9. The zero-order chi connectivity index (χ0) is 22.2. The number of hydrogen-bond acceptors (Lipinski definition) is 5. The summed E-state index contributed by atoms with van der Waals surface area (Å²) in [5.74, 6) is 1.38. The molecule has 9 heteroatoms. The van der Waals surface area contributed by atoms with Crippen molar-refractivity contribution in [3.05, 3.63) is 45.7 Å². The lowest BCUT2D eigenvalue weighted by Gasteiger charge is -2.32. The molecule has 0 spiro atoms. The molecule has 0 saturated carbocycles. The van der Waals surface area contributed by atoms with Crippen LogP contribution in [-0.2, 0) is 19.5 Å². The topological polar surface area (TPSA) is 53.0 Å². The monoisotopic (exact) mass is 575 g/mol. The van der Waals surface area contributed by atoms with Gasteiger partial charge in [0.15, 0.2) is 17.5 Å². The highest BCUT2D eigenvalue weighted by Crippen LogP contribution is 2.20. The number of guanidine groups is 1. The van der Waals surface area contributed by atoms with E-state index in [0.717, 1.165) is 44.1 Å². The molecule has 0 aliphatic carbocycles. The molecule has 0 amide bonds. The van der Waals surface area contributed by atoms with Crippen LogP contribution in [0.3, 0.4) is 0 Å². The summed E-state index contributed by atoms with van der Waals surface area (Å²) >= 11 is 1.77. The van der Waals surface area contributed by atoms with Gasteiger partial charge in [0.2, 0.25) is 0 Å². The van der Waals surface area contributed by atoms with Crippen molar-refractivity contribution in [2.45, 2.75) is 39.3 Å². The van der Waals surface area contributed by atoms with Crippen LogP contribution in [0.1, 0.15) is 36.0 Å². The Bertz CT molecular complexity index is 870. The molecule has 0 radical (unpaired) electrons. The molecule has 32 heavy (non-hydrogen) atoms. The number of methoxy groups -OCH3 is 1. The van der Waals surface area contributed by atoms with Crippen LogP contribution in [-0.4, -0.2) is 61.6 Å². The molecule has 3 rings (SSSR count). The second-order valence-electron chi connectivity index (χ2n) is 8.06. The Morgan fingerprint density at radius 1 is 1.38 bits per heavy atom. The van der Waals surface area contributed by atoms with Crippen LogP contribution in [0, 0.1) is 11.7 Å². The molecule has 2 aromatic rings. The maximum absolute atomic E-state index is 14.0. The molecule has 178 valence electrons. The lowest BCUT2D eigenvalue weighted by atomic mass is 9.97. The molecule has 1 aliphatic heterocycles. The highest BCUT2D eigenvalue weighted by Gasteiger charge is 2.20. The number of rotatable bonds is 8. The van der Waals surface area contributed by atoms with Crippen LogP contribution in [0.15, 0.2) is 28.6 Å². The van der Waals surface area contributed by atoms with Crippen LogP contribution >= 0.6 is 35.3 Å². The lowest BCUT2D eigenvalue weighted by molar-refractivity contribution is 0.176. The molecule has 0 unspecified atom stereocenters. The fraction of sp³-hybridized carbons (Fsp3) is 0.565. The number of thiazole rings is 1. The van der Waals surface area contributed by atoms with E-state index in [9.17, 15) is 4.39 Å². The fourth-order valence-corrected chi connectivity index (χ4v) is 4.67. The number of piperidine rings is 1. The van der Waals surface area contributed by atoms with Gasteiger partial charge in [-0.1, -0.05) is 13.0 Å². The third-order valence-electron chi connectivity index (χ3n) is 5.75. The minimum Gasteiger partial charge on any atom is -0.494 e. The number of aliphatic imine (C=N–C) groups is 1. The van der Waals surface area contributed by atoms with E-state index >= 15 is 0 Å². The second-order valence-corrected chi connectivity index (χ2v) is 9.00. The number of benzene rings is 1. The molecular formula is C23H35FIN5OS. The minimum absolute atomic E-state index is 0. The van der Waals surface area contributed by atoms with Gasteiger partial charge in [0.1, 0.15) is 0 Å². The van der Waals surface area contributed by atoms with Crippen LogP contribution < -0.4 is 10.1 Å². The molecule has 1 aromatic heterocycles. The van der Waals surface area contributed by atoms with Gasteiger partial charge in [-0.25, -0.2) is 9.37 Å². The Labute approximate surface area is 212 Å². The van der Waals surface area contributed by atoms with E-state index in [0.29, 0.717) is 12.5 Å². The summed E-state index contributed by atoms with van der Waals surface area (Å²) in [5, 5.41) is 6.92. The third-order valence-corrected chi connectivity index (χ3v) is 6.79. The minimum atomic E-state index is -0.341. The Kier molecular flexibility index (Phi) is 11.1. The molecule has 1 aromatic carbocycles. The fourth-order valence-electron chi connectivity index (χ4n) is 3.94. The number of likely N-dealkylation sites (tertiary alicyclic amines) is 1. The smallest absolute Gasteiger partial charge is 0.193 e. The van der Waals surface area contributed by atoms with Gasteiger partial charge in [-0.15, -0.1) is 35.3 Å². The van der Waals surface area contributed by atoms with Gasteiger partial charge in [-0.2, -0.15) is 0 Å². The Morgan fingerprint density at radius 3 is 2.72 bits per heavy atom. The van der Waals surface area contributed by atoms with Gasteiger partial charge in [0.25, 0.3) is 0 Å². The van der Waals surface area contributed by atoms with Crippen molar-refractivity contribution in [2.75, 3.05) is 40.8 Å². The largest absolute Gasteiger partial charge is 0.494 e. The molecule has 1 fully saturated rings. The first-order chi connectivity index (χ1) is 15.0. The molecule has 0 bridgehead atoms. The maximum Gasteiger partial charge on any atom is 0.193 e. The number of aryl methyl sites for hydroxylation is 1. The van der Waals surface area contributed by atoms with Crippen molar-refractivity contribution in [1.29, 1.82) is 0 Å². The summed E-state index contributed by atoms with van der Waals surface area (Å²) < 4.78 is 19.0. The summed E-state index contributed by atoms with van der Waals surface area (Å²) in [6.45, 7) is 6.79. The Balaban J connectivity index is 0.00000363. The quantitative estimate of drug-likeness (QED) is 0.288. The van der Waals surface area contributed by atoms with Gasteiger partial charge in [-0.3, -0.25) is 9.89 Å². The van der Waals surface area contributed by atoms with Crippen LogP contribution in [0.4, 0.5) is 4.39 Å². The van der Waals surface area contributed by atoms with Gasteiger partial charge < -0.3 is 15.0 Å². The SMILES string of the molecule is CCc1nc(CN2CCC(CNC(=NC)N(C)Cc3ccc(OC)c(F)c3)CC2)cs1.I. The van der Waals surface area contributed by atoms with E-state index in [-0.39, 0.29) is 35.5 Å². The zero-order valence-corrected chi connectivity index (χ0v) is 22.6. The number of halogens is 2. The number of hydrogen-bond donors (Lipinski definition) is 1. The standard InChI is InChI=1S/C23H34FN5OS.HI/c1-5-22-27-19(16-31-22)15-29-10-8-17(9-11-29)13-26-23(25-2)28(3)14-18-6-7-21(30-4)20(24)12-18;/h6-7,12,16-17H,5,8-11,13-15H2,1-4H3,(H,25,26);1H. The van der Waals surface area contributed by atoms with Gasteiger partial charge in [0.05, 0.1) is 17.8 Å². The predicted molar refractivity (Wildman–Crippen MR) is 141 cm³/mol. The van der Waals surface area contributed by atoms with Gasteiger partial charge in [0, 0.05) is 39.1 Å². The average molecular weight is 576 g/mol. The number of ether oxygens (including phenoxy) is 1. The molecular weight excluding hydrogens is 540 g/mol. The zero-order valence-electron chi connectivity index (χ0n) is 19.4. The average Bonchev–Trinajstić information content (AvgIpc) is 3.23. The summed E-state index contributed by atoms with van der Waals surface area (Å²) in [5.41, 5.74) is 2.08. The van der Waals surface area contributed by atoms with E-state index in [2.05, 4.69) is 27.5 Å². The van der Waals surface area contributed by atoms with E-state index in [4.69, 9.17) is 9.72 Å².